The minimum absolute atomic E-state index is 0.0573. The molecule has 2 saturated carbocycles. The third kappa shape index (κ3) is 1.52. The Kier molecular flexibility index (Phi) is 2.26. The van der Waals surface area contributed by atoms with Crippen molar-refractivity contribution in [3.63, 3.8) is 0 Å². The second-order valence-corrected chi connectivity index (χ2v) is 5.13. The summed E-state index contributed by atoms with van der Waals surface area (Å²) in [5, 5.41) is 3.02. The van der Waals surface area contributed by atoms with E-state index in [-0.39, 0.29) is 5.91 Å². The molecule has 0 atom stereocenters. The van der Waals surface area contributed by atoms with Crippen LogP contribution in [0.2, 0.25) is 0 Å². The van der Waals surface area contributed by atoms with E-state index in [1.807, 2.05) is 0 Å². The summed E-state index contributed by atoms with van der Waals surface area (Å²) in [6, 6.07) is 0.365. The maximum Gasteiger partial charge on any atom is 0.233 e. The molecule has 78 valence electrons. The first kappa shape index (κ1) is 9.90. The van der Waals surface area contributed by atoms with Gasteiger partial charge in [0.1, 0.15) is 0 Å². The lowest BCUT2D eigenvalue weighted by molar-refractivity contribution is -0.125. The third-order valence-corrected chi connectivity index (χ3v) is 3.76. The van der Waals surface area contributed by atoms with Crippen LogP contribution in [-0.4, -0.2) is 16.9 Å². The minimum atomic E-state index is -0.478. The van der Waals surface area contributed by atoms with E-state index < -0.39 is 5.41 Å². The molecule has 2 fully saturated rings. The van der Waals surface area contributed by atoms with Gasteiger partial charge in [-0.05, 0) is 31.6 Å². The first-order valence-corrected chi connectivity index (χ1v) is 5.56. The van der Waals surface area contributed by atoms with Crippen LogP contribution in [0.1, 0.15) is 32.6 Å². The molecule has 0 heterocycles. The molecule has 0 bridgehead atoms. The number of rotatable bonds is 3. The number of nitrogens with two attached hydrogens (primary N) is 1. The van der Waals surface area contributed by atoms with Crippen LogP contribution in [0.3, 0.4) is 0 Å². The van der Waals surface area contributed by atoms with E-state index in [0.29, 0.717) is 11.0 Å². The van der Waals surface area contributed by atoms with Gasteiger partial charge in [0, 0.05) is 6.04 Å². The molecule has 3 N–H and O–H groups in total. The highest BCUT2D eigenvalue weighted by molar-refractivity contribution is 7.80. The van der Waals surface area contributed by atoms with Crippen LogP contribution in [-0.2, 0) is 4.79 Å². The summed E-state index contributed by atoms with van der Waals surface area (Å²) >= 11 is 4.92. The van der Waals surface area contributed by atoms with Gasteiger partial charge in [-0.2, -0.15) is 0 Å². The fraction of sp³-hybridized carbons (Fsp3) is 0.800. The standard InChI is InChI=1S/C10H16N2OS/c1-6-4-7(5-6)12-9(13)10(2-3-10)8(11)14/h6-7H,2-5H2,1H3,(H2,11,14)(H,12,13). The Morgan fingerprint density at radius 3 is 2.43 bits per heavy atom. The van der Waals surface area contributed by atoms with Gasteiger partial charge in [-0.3, -0.25) is 4.79 Å². The van der Waals surface area contributed by atoms with Gasteiger partial charge in [0.2, 0.25) is 5.91 Å². The molecule has 2 aliphatic rings. The van der Waals surface area contributed by atoms with Crippen LogP contribution >= 0.6 is 12.2 Å². The monoisotopic (exact) mass is 212 g/mol. The normalized spacial score (nSPS) is 32.9. The molecule has 0 aliphatic heterocycles. The highest BCUT2D eigenvalue weighted by atomic mass is 32.1. The molecule has 0 aromatic carbocycles. The molecule has 0 saturated heterocycles. The smallest absolute Gasteiger partial charge is 0.233 e. The summed E-state index contributed by atoms with van der Waals surface area (Å²) < 4.78 is 0. The lowest BCUT2D eigenvalue weighted by atomic mass is 9.81. The Hall–Kier alpha value is -0.640. The fourth-order valence-electron chi connectivity index (χ4n) is 2.05. The van der Waals surface area contributed by atoms with Crippen LogP contribution in [0.5, 0.6) is 0 Å². The van der Waals surface area contributed by atoms with Gasteiger partial charge in [-0.25, -0.2) is 0 Å². The first-order chi connectivity index (χ1) is 6.54. The van der Waals surface area contributed by atoms with Crippen molar-refractivity contribution < 1.29 is 4.79 Å². The van der Waals surface area contributed by atoms with Gasteiger partial charge >= 0.3 is 0 Å². The zero-order valence-electron chi connectivity index (χ0n) is 8.38. The molecule has 14 heavy (non-hydrogen) atoms. The van der Waals surface area contributed by atoms with E-state index in [0.717, 1.165) is 31.6 Å². The molecule has 0 aromatic heterocycles. The second kappa shape index (κ2) is 3.19. The van der Waals surface area contributed by atoms with Crippen molar-refractivity contribution in [2.45, 2.75) is 38.6 Å². The van der Waals surface area contributed by atoms with E-state index in [4.69, 9.17) is 18.0 Å². The van der Waals surface area contributed by atoms with Crippen LogP contribution in [0.25, 0.3) is 0 Å². The number of thiocarbonyl (C=S) groups is 1. The quantitative estimate of drug-likeness (QED) is 0.685. The van der Waals surface area contributed by atoms with E-state index in [2.05, 4.69) is 12.2 Å². The Morgan fingerprint density at radius 1 is 1.50 bits per heavy atom. The van der Waals surface area contributed by atoms with E-state index >= 15 is 0 Å². The van der Waals surface area contributed by atoms with Crippen LogP contribution in [0.15, 0.2) is 0 Å². The molecule has 0 spiro atoms. The number of carbonyl (C=O) groups is 1. The number of nitrogens with one attached hydrogen (secondary N) is 1. The second-order valence-electron chi connectivity index (χ2n) is 4.69. The Morgan fingerprint density at radius 2 is 2.07 bits per heavy atom. The summed E-state index contributed by atoms with van der Waals surface area (Å²) in [6.07, 6.45) is 3.85. The zero-order chi connectivity index (χ0) is 10.3. The molecule has 0 aromatic rings. The summed E-state index contributed by atoms with van der Waals surface area (Å²) in [4.78, 5) is 12.2. The lowest BCUT2D eigenvalue weighted by Gasteiger charge is -2.34. The van der Waals surface area contributed by atoms with Crippen LogP contribution < -0.4 is 11.1 Å². The molecule has 1 amide bonds. The first-order valence-electron chi connectivity index (χ1n) is 5.15. The molecule has 0 unspecified atom stereocenters. The predicted molar refractivity (Wildman–Crippen MR) is 58.8 cm³/mol. The van der Waals surface area contributed by atoms with Crippen molar-refractivity contribution in [2.24, 2.45) is 17.1 Å². The molecule has 0 radical (unpaired) electrons. The van der Waals surface area contributed by atoms with Gasteiger partial charge < -0.3 is 11.1 Å². The minimum Gasteiger partial charge on any atom is -0.392 e. The molecular formula is C10H16N2OS. The Bertz CT molecular complexity index is 280. The molecule has 3 nitrogen and oxygen atoms in total. The van der Waals surface area contributed by atoms with Gasteiger partial charge in [0.25, 0.3) is 0 Å². The Labute approximate surface area is 89.4 Å². The zero-order valence-corrected chi connectivity index (χ0v) is 9.19. The van der Waals surface area contributed by atoms with Crippen LogP contribution in [0.4, 0.5) is 0 Å². The van der Waals surface area contributed by atoms with E-state index in [9.17, 15) is 4.79 Å². The summed E-state index contributed by atoms with van der Waals surface area (Å²) in [6.45, 7) is 2.20. The van der Waals surface area contributed by atoms with Gasteiger partial charge in [-0.15, -0.1) is 0 Å². The van der Waals surface area contributed by atoms with Gasteiger partial charge in [0.05, 0.1) is 10.4 Å². The SMILES string of the molecule is CC1CC(NC(=O)C2(C(N)=S)CC2)C1. The van der Waals surface area contributed by atoms with Crippen LogP contribution in [0, 0.1) is 11.3 Å². The highest BCUT2D eigenvalue weighted by Crippen LogP contribution is 2.46. The summed E-state index contributed by atoms with van der Waals surface area (Å²) in [5.41, 5.74) is 5.09. The molecular weight excluding hydrogens is 196 g/mol. The van der Waals surface area contributed by atoms with E-state index in [1.165, 1.54) is 0 Å². The van der Waals surface area contributed by atoms with Gasteiger partial charge in [-0.1, -0.05) is 19.1 Å². The van der Waals surface area contributed by atoms with E-state index in [1.54, 1.807) is 0 Å². The average molecular weight is 212 g/mol. The molecule has 2 rings (SSSR count). The van der Waals surface area contributed by atoms with Crippen molar-refractivity contribution in [1.29, 1.82) is 0 Å². The summed E-state index contributed by atoms with van der Waals surface area (Å²) in [7, 11) is 0. The number of amides is 1. The fourth-order valence-corrected chi connectivity index (χ4v) is 2.35. The Balaban J connectivity index is 1.87. The topological polar surface area (TPSA) is 55.1 Å². The summed E-state index contributed by atoms with van der Waals surface area (Å²) in [5.74, 6) is 0.808. The maximum atomic E-state index is 11.8. The number of hydrogen-bond donors (Lipinski definition) is 2. The predicted octanol–water partition coefficient (Wildman–Crippen LogP) is 0.967. The van der Waals surface area contributed by atoms with Gasteiger partial charge in [0.15, 0.2) is 0 Å². The van der Waals surface area contributed by atoms with Crippen molar-refractivity contribution in [3.8, 4) is 0 Å². The maximum absolute atomic E-state index is 11.8. The van der Waals surface area contributed by atoms with Crippen molar-refractivity contribution in [2.75, 3.05) is 0 Å². The largest absolute Gasteiger partial charge is 0.392 e. The number of hydrogen-bond acceptors (Lipinski definition) is 2. The third-order valence-electron chi connectivity index (χ3n) is 3.37. The lowest BCUT2D eigenvalue weighted by Crippen LogP contribution is -2.48. The van der Waals surface area contributed by atoms with Crippen molar-refractivity contribution >= 4 is 23.1 Å². The highest BCUT2D eigenvalue weighted by Gasteiger charge is 2.53. The number of carbonyl (C=O) groups excluding carboxylic acids is 1. The molecule has 4 heteroatoms. The average Bonchev–Trinajstić information content (AvgIpc) is 2.80. The molecule has 2 aliphatic carbocycles. The van der Waals surface area contributed by atoms with Crippen molar-refractivity contribution in [3.05, 3.63) is 0 Å². The van der Waals surface area contributed by atoms with Crippen molar-refractivity contribution in [1.82, 2.24) is 5.32 Å².